The number of nitrogens with one attached hydrogen (secondary N) is 1. The van der Waals surface area contributed by atoms with Crippen LogP contribution < -0.4 is 11.1 Å². The Morgan fingerprint density at radius 1 is 1.42 bits per heavy atom. The Balaban J connectivity index is 2.62. The van der Waals surface area contributed by atoms with Crippen molar-refractivity contribution in [3.05, 3.63) is 34.1 Å². The summed E-state index contributed by atoms with van der Waals surface area (Å²) in [6, 6.07) is 5.10. The van der Waals surface area contributed by atoms with Crippen molar-refractivity contribution < 1.29 is 4.39 Å². The molecule has 1 rings (SSSR count). The Bertz CT molecular complexity index is 407. The molecular weight excluding hydrogens is 307 g/mol. The topological polar surface area (TPSA) is 38.0 Å². The molecule has 108 valence electrons. The standard InChI is InChI=1S/C15H24BrFN2/c1-11(6-7-18)9-19-10-15(2,3)13-8-12(16)4-5-14(13)17/h4-5,8,11,19H,6-7,9-10,18H2,1-3H3. The van der Waals surface area contributed by atoms with E-state index in [0.29, 0.717) is 12.5 Å². The summed E-state index contributed by atoms with van der Waals surface area (Å²) < 4.78 is 14.8. The average Bonchev–Trinajstić information content (AvgIpc) is 2.32. The number of hydrogen-bond donors (Lipinski definition) is 2. The second-order valence-corrected chi connectivity index (χ2v) is 6.74. The third-order valence-electron chi connectivity index (χ3n) is 3.38. The van der Waals surface area contributed by atoms with Gasteiger partial charge < -0.3 is 11.1 Å². The summed E-state index contributed by atoms with van der Waals surface area (Å²) in [7, 11) is 0. The van der Waals surface area contributed by atoms with Gasteiger partial charge in [0.2, 0.25) is 0 Å². The molecule has 0 saturated heterocycles. The average molecular weight is 331 g/mol. The molecule has 3 N–H and O–H groups in total. The highest BCUT2D eigenvalue weighted by molar-refractivity contribution is 9.10. The van der Waals surface area contributed by atoms with Crippen LogP contribution in [-0.2, 0) is 5.41 Å². The Labute approximate surface area is 124 Å². The summed E-state index contributed by atoms with van der Waals surface area (Å²) >= 11 is 3.40. The fourth-order valence-electron chi connectivity index (χ4n) is 2.13. The van der Waals surface area contributed by atoms with Gasteiger partial charge in [-0.3, -0.25) is 0 Å². The van der Waals surface area contributed by atoms with E-state index >= 15 is 0 Å². The van der Waals surface area contributed by atoms with Crippen molar-refractivity contribution in [2.75, 3.05) is 19.6 Å². The van der Waals surface area contributed by atoms with E-state index in [4.69, 9.17) is 5.73 Å². The van der Waals surface area contributed by atoms with Gasteiger partial charge in [0.1, 0.15) is 5.82 Å². The van der Waals surface area contributed by atoms with Crippen LogP contribution in [-0.4, -0.2) is 19.6 Å². The lowest BCUT2D eigenvalue weighted by atomic mass is 9.84. The Kier molecular flexibility index (Phi) is 6.43. The van der Waals surface area contributed by atoms with Crippen molar-refractivity contribution >= 4 is 15.9 Å². The molecular formula is C15H24BrFN2. The van der Waals surface area contributed by atoms with Crippen LogP contribution in [0.4, 0.5) is 4.39 Å². The van der Waals surface area contributed by atoms with Gasteiger partial charge in [-0.2, -0.15) is 0 Å². The van der Waals surface area contributed by atoms with Crippen LogP contribution in [0.5, 0.6) is 0 Å². The molecule has 0 aromatic heterocycles. The molecule has 2 nitrogen and oxygen atoms in total. The molecule has 0 aliphatic carbocycles. The van der Waals surface area contributed by atoms with E-state index in [1.807, 2.05) is 6.07 Å². The zero-order valence-corrected chi connectivity index (χ0v) is 13.6. The lowest BCUT2D eigenvalue weighted by molar-refractivity contribution is 0.410. The molecule has 0 radical (unpaired) electrons. The van der Waals surface area contributed by atoms with Gasteiger partial charge in [-0.15, -0.1) is 0 Å². The molecule has 1 atom stereocenters. The Morgan fingerprint density at radius 3 is 2.74 bits per heavy atom. The molecule has 19 heavy (non-hydrogen) atoms. The SMILES string of the molecule is CC(CCN)CNCC(C)(C)c1cc(Br)ccc1F. The molecule has 0 heterocycles. The van der Waals surface area contributed by atoms with E-state index in [1.54, 1.807) is 6.07 Å². The minimum atomic E-state index is -0.240. The number of rotatable bonds is 7. The summed E-state index contributed by atoms with van der Waals surface area (Å²) in [5.41, 5.74) is 6.03. The van der Waals surface area contributed by atoms with Crippen LogP contribution in [0.25, 0.3) is 0 Å². The van der Waals surface area contributed by atoms with Crippen molar-refractivity contribution in [3.63, 3.8) is 0 Å². The Hall–Kier alpha value is -0.450. The highest BCUT2D eigenvalue weighted by atomic mass is 79.9. The van der Waals surface area contributed by atoms with E-state index in [0.717, 1.165) is 29.5 Å². The maximum Gasteiger partial charge on any atom is 0.127 e. The van der Waals surface area contributed by atoms with E-state index in [2.05, 4.69) is 42.0 Å². The third-order valence-corrected chi connectivity index (χ3v) is 3.87. The fourth-order valence-corrected chi connectivity index (χ4v) is 2.49. The van der Waals surface area contributed by atoms with Crippen LogP contribution in [0, 0.1) is 11.7 Å². The summed E-state index contributed by atoms with van der Waals surface area (Å²) in [4.78, 5) is 0. The molecule has 1 aromatic carbocycles. The monoisotopic (exact) mass is 330 g/mol. The number of hydrogen-bond acceptors (Lipinski definition) is 2. The molecule has 4 heteroatoms. The molecule has 0 aliphatic rings. The Morgan fingerprint density at radius 2 is 2.11 bits per heavy atom. The van der Waals surface area contributed by atoms with Crippen LogP contribution >= 0.6 is 15.9 Å². The van der Waals surface area contributed by atoms with Gasteiger partial charge in [-0.1, -0.05) is 36.7 Å². The zero-order valence-electron chi connectivity index (χ0n) is 12.0. The van der Waals surface area contributed by atoms with E-state index in [-0.39, 0.29) is 11.2 Å². The van der Waals surface area contributed by atoms with Crippen molar-refractivity contribution in [3.8, 4) is 0 Å². The van der Waals surface area contributed by atoms with Gasteiger partial charge in [0, 0.05) is 16.4 Å². The quantitative estimate of drug-likeness (QED) is 0.803. The summed E-state index contributed by atoms with van der Waals surface area (Å²) in [5.74, 6) is 0.401. The first-order valence-electron chi connectivity index (χ1n) is 6.73. The van der Waals surface area contributed by atoms with Crippen molar-refractivity contribution in [2.24, 2.45) is 11.7 Å². The summed E-state index contributed by atoms with van der Waals surface area (Å²) in [6.07, 6.45) is 1.01. The second kappa shape index (κ2) is 7.36. The normalized spacial score (nSPS) is 13.6. The number of benzene rings is 1. The van der Waals surface area contributed by atoms with E-state index in [9.17, 15) is 4.39 Å². The van der Waals surface area contributed by atoms with E-state index in [1.165, 1.54) is 6.07 Å². The molecule has 0 amide bonds. The lowest BCUT2D eigenvalue weighted by Crippen LogP contribution is -2.36. The first-order valence-corrected chi connectivity index (χ1v) is 7.52. The van der Waals surface area contributed by atoms with Gasteiger partial charge in [-0.25, -0.2) is 4.39 Å². The lowest BCUT2D eigenvalue weighted by Gasteiger charge is -2.27. The molecule has 0 bridgehead atoms. The smallest absolute Gasteiger partial charge is 0.127 e. The van der Waals surface area contributed by atoms with Crippen LogP contribution in [0.2, 0.25) is 0 Å². The first kappa shape index (κ1) is 16.6. The molecule has 1 unspecified atom stereocenters. The zero-order chi connectivity index (χ0) is 14.5. The van der Waals surface area contributed by atoms with Crippen molar-refractivity contribution in [2.45, 2.75) is 32.6 Å². The number of halogens is 2. The van der Waals surface area contributed by atoms with Gasteiger partial charge in [0.05, 0.1) is 0 Å². The largest absolute Gasteiger partial charge is 0.330 e. The fraction of sp³-hybridized carbons (Fsp3) is 0.600. The second-order valence-electron chi connectivity index (χ2n) is 5.82. The highest BCUT2D eigenvalue weighted by Gasteiger charge is 2.24. The van der Waals surface area contributed by atoms with Crippen LogP contribution in [0.1, 0.15) is 32.8 Å². The highest BCUT2D eigenvalue weighted by Crippen LogP contribution is 2.27. The van der Waals surface area contributed by atoms with E-state index < -0.39 is 0 Å². The predicted octanol–water partition coefficient (Wildman–Crippen LogP) is 3.44. The number of nitrogens with two attached hydrogens (primary N) is 1. The van der Waals surface area contributed by atoms with Crippen LogP contribution in [0.3, 0.4) is 0 Å². The van der Waals surface area contributed by atoms with Crippen molar-refractivity contribution in [1.29, 1.82) is 0 Å². The molecule has 0 fully saturated rings. The summed E-state index contributed by atoms with van der Waals surface area (Å²) in [6.45, 7) is 8.65. The van der Waals surface area contributed by atoms with Crippen LogP contribution in [0.15, 0.2) is 22.7 Å². The molecule has 0 saturated carbocycles. The first-order chi connectivity index (χ1) is 8.86. The minimum absolute atomic E-state index is 0.148. The maximum atomic E-state index is 13.9. The molecule has 0 spiro atoms. The molecule has 0 aliphatic heterocycles. The predicted molar refractivity (Wildman–Crippen MR) is 82.8 cm³/mol. The third kappa shape index (κ3) is 5.21. The van der Waals surface area contributed by atoms with Crippen molar-refractivity contribution in [1.82, 2.24) is 5.32 Å². The minimum Gasteiger partial charge on any atom is -0.330 e. The summed E-state index contributed by atoms with van der Waals surface area (Å²) in [5, 5.41) is 3.42. The maximum absolute atomic E-state index is 13.9. The van der Waals surface area contributed by atoms with Gasteiger partial charge in [0.15, 0.2) is 0 Å². The van der Waals surface area contributed by atoms with Gasteiger partial charge >= 0.3 is 0 Å². The molecule has 1 aromatic rings. The van der Waals surface area contributed by atoms with Gasteiger partial charge in [0.25, 0.3) is 0 Å². The van der Waals surface area contributed by atoms with Gasteiger partial charge in [-0.05, 0) is 49.2 Å².